The zero-order valence-electron chi connectivity index (χ0n) is 14.5. The van der Waals surface area contributed by atoms with Crippen LogP contribution in [-0.4, -0.2) is 0 Å². The number of rotatable bonds is 4. The normalized spacial score (nSPS) is 13.5. The molecular formula is C25H22. The van der Waals surface area contributed by atoms with Crippen LogP contribution >= 0.6 is 0 Å². The van der Waals surface area contributed by atoms with Crippen LogP contribution in [0.1, 0.15) is 35.4 Å². The van der Waals surface area contributed by atoms with Crippen LogP contribution in [0.25, 0.3) is 10.8 Å². The van der Waals surface area contributed by atoms with Crippen LogP contribution in [0.4, 0.5) is 0 Å². The van der Waals surface area contributed by atoms with Gasteiger partial charge in [0.05, 0.1) is 0 Å². The highest BCUT2D eigenvalue weighted by Gasteiger charge is 2.24. The molecule has 2 atom stereocenters. The van der Waals surface area contributed by atoms with Crippen molar-refractivity contribution < 1.29 is 0 Å². The van der Waals surface area contributed by atoms with Crippen LogP contribution < -0.4 is 0 Å². The Labute approximate surface area is 149 Å². The van der Waals surface area contributed by atoms with Crippen molar-refractivity contribution >= 4 is 10.8 Å². The van der Waals surface area contributed by atoms with Crippen molar-refractivity contribution in [1.82, 2.24) is 0 Å². The van der Waals surface area contributed by atoms with E-state index in [2.05, 4.69) is 110 Å². The van der Waals surface area contributed by atoms with Crippen LogP contribution in [0.5, 0.6) is 0 Å². The zero-order chi connectivity index (χ0) is 17.1. The summed E-state index contributed by atoms with van der Waals surface area (Å²) in [5.74, 6) is 0.726. The summed E-state index contributed by atoms with van der Waals surface area (Å²) in [4.78, 5) is 0. The minimum atomic E-state index is 0.328. The van der Waals surface area contributed by atoms with Crippen molar-refractivity contribution in [3.63, 3.8) is 0 Å². The maximum Gasteiger partial charge on any atom is 0.0161 e. The molecule has 0 saturated carbocycles. The number of hydrogen-bond acceptors (Lipinski definition) is 0. The second-order valence-electron chi connectivity index (χ2n) is 6.66. The Kier molecular flexibility index (Phi) is 4.35. The highest BCUT2D eigenvalue weighted by molar-refractivity contribution is 5.86. The van der Waals surface area contributed by atoms with Gasteiger partial charge in [0.25, 0.3) is 0 Å². The van der Waals surface area contributed by atoms with E-state index in [0.717, 1.165) is 0 Å². The standard InChI is InChI=1S/C25H22/c1-19(20-11-4-2-5-12-20)25(22-14-6-3-7-15-22)24-18-10-16-21-13-8-9-17-23(21)24/h2-19,25H,1H3. The molecule has 0 bridgehead atoms. The molecule has 0 N–H and O–H groups in total. The molecule has 0 radical (unpaired) electrons. The lowest BCUT2D eigenvalue weighted by molar-refractivity contribution is 0.662. The molecule has 0 heterocycles. The Bertz CT molecular complexity index is 949. The van der Waals surface area contributed by atoms with Crippen LogP contribution in [0.15, 0.2) is 103 Å². The molecule has 0 heteroatoms. The maximum absolute atomic E-state index is 2.34. The molecule has 0 nitrogen and oxygen atoms in total. The van der Waals surface area contributed by atoms with E-state index >= 15 is 0 Å². The van der Waals surface area contributed by atoms with Gasteiger partial charge in [-0.25, -0.2) is 0 Å². The van der Waals surface area contributed by atoms with E-state index in [1.807, 2.05) is 0 Å². The fourth-order valence-corrected chi connectivity index (χ4v) is 3.87. The van der Waals surface area contributed by atoms with Crippen molar-refractivity contribution in [1.29, 1.82) is 0 Å². The first-order valence-electron chi connectivity index (χ1n) is 8.92. The summed E-state index contributed by atoms with van der Waals surface area (Å²) in [6, 6.07) is 37.1. The van der Waals surface area contributed by atoms with Gasteiger partial charge in [-0.2, -0.15) is 0 Å². The van der Waals surface area contributed by atoms with Crippen molar-refractivity contribution in [3.8, 4) is 0 Å². The third-order valence-electron chi connectivity index (χ3n) is 5.14. The number of fused-ring (bicyclic) bond motifs is 1. The summed E-state index contributed by atoms with van der Waals surface area (Å²) in [7, 11) is 0. The van der Waals surface area contributed by atoms with Crippen molar-refractivity contribution in [3.05, 3.63) is 120 Å². The molecule has 2 unspecified atom stereocenters. The maximum atomic E-state index is 2.34. The number of benzene rings is 4. The minimum absolute atomic E-state index is 0.328. The van der Waals surface area contributed by atoms with E-state index in [1.54, 1.807) is 0 Å². The third-order valence-corrected chi connectivity index (χ3v) is 5.14. The second-order valence-corrected chi connectivity index (χ2v) is 6.66. The van der Waals surface area contributed by atoms with Crippen LogP contribution in [0.3, 0.4) is 0 Å². The van der Waals surface area contributed by atoms with Crippen LogP contribution in [0, 0.1) is 0 Å². The topological polar surface area (TPSA) is 0 Å². The molecule has 4 rings (SSSR count). The zero-order valence-corrected chi connectivity index (χ0v) is 14.5. The van der Waals surface area contributed by atoms with Crippen molar-refractivity contribution in [2.75, 3.05) is 0 Å². The molecule has 0 spiro atoms. The summed E-state index contributed by atoms with van der Waals surface area (Å²) in [5, 5.41) is 2.66. The van der Waals surface area contributed by atoms with Gasteiger partial charge in [-0.05, 0) is 33.4 Å². The minimum Gasteiger partial charge on any atom is -0.0622 e. The molecule has 122 valence electrons. The SMILES string of the molecule is CC(c1ccccc1)C(c1ccccc1)c1cccc2ccccc12. The molecule has 0 amide bonds. The highest BCUT2D eigenvalue weighted by Crippen LogP contribution is 2.40. The Balaban J connectivity index is 1.92. The molecule has 0 saturated heterocycles. The van der Waals surface area contributed by atoms with Crippen molar-refractivity contribution in [2.24, 2.45) is 0 Å². The lowest BCUT2D eigenvalue weighted by Gasteiger charge is -2.27. The van der Waals surface area contributed by atoms with Gasteiger partial charge in [-0.15, -0.1) is 0 Å². The molecule has 0 aliphatic carbocycles. The molecule has 25 heavy (non-hydrogen) atoms. The summed E-state index contributed by atoms with van der Waals surface area (Å²) in [5.41, 5.74) is 4.15. The lowest BCUT2D eigenvalue weighted by Crippen LogP contribution is -2.10. The summed E-state index contributed by atoms with van der Waals surface area (Å²) in [6.07, 6.45) is 0. The van der Waals surface area contributed by atoms with E-state index in [1.165, 1.54) is 27.5 Å². The highest BCUT2D eigenvalue weighted by atomic mass is 14.3. The summed E-state index contributed by atoms with van der Waals surface area (Å²) >= 11 is 0. The molecule has 0 aromatic heterocycles. The van der Waals surface area contributed by atoms with Gasteiger partial charge in [-0.1, -0.05) is 110 Å². The molecule has 4 aromatic rings. The Morgan fingerprint density at radius 3 is 1.80 bits per heavy atom. The van der Waals surface area contributed by atoms with E-state index < -0.39 is 0 Å². The molecule has 0 fully saturated rings. The third kappa shape index (κ3) is 3.08. The molecule has 0 aliphatic rings. The van der Waals surface area contributed by atoms with Crippen LogP contribution in [0.2, 0.25) is 0 Å². The first-order chi connectivity index (χ1) is 12.3. The number of hydrogen-bond donors (Lipinski definition) is 0. The summed E-state index contributed by atoms with van der Waals surface area (Å²) in [6.45, 7) is 2.34. The fourth-order valence-electron chi connectivity index (χ4n) is 3.87. The monoisotopic (exact) mass is 322 g/mol. The van der Waals surface area contributed by atoms with Gasteiger partial charge >= 0.3 is 0 Å². The molecule has 4 aromatic carbocycles. The molecular weight excluding hydrogens is 300 g/mol. The Morgan fingerprint density at radius 2 is 1.08 bits per heavy atom. The largest absolute Gasteiger partial charge is 0.0622 e. The predicted molar refractivity (Wildman–Crippen MR) is 107 cm³/mol. The van der Waals surface area contributed by atoms with Crippen molar-refractivity contribution in [2.45, 2.75) is 18.8 Å². The van der Waals surface area contributed by atoms with Gasteiger partial charge in [0.2, 0.25) is 0 Å². The predicted octanol–water partition coefficient (Wildman–Crippen LogP) is 6.78. The van der Waals surface area contributed by atoms with E-state index in [4.69, 9.17) is 0 Å². The van der Waals surface area contributed by atoms with E-state index in [0.29, 0.717) is 11.8 Å². The van der Waals surface area contributed by atoms with Gasteiger partial charge < -0.3 is 0 Å². The van der Waals surface area contributed by atoms with Gasteiger partial charge in [0.1, 0.15) is 0 Å². The summed E-state index contributed by atoms with van der Waals surface area (Å²) < 4.78 is 0. The van der Waals surface area contributed by atoms with E-state index in [9.17, 15) is 0 Å². The quantitative estimate of drug-likeness (QED) is 0.388. The fraction of sp³-hybridized carbons (Fsp3) is 0.120. The van der Waals surface area contributed by atoms with Gasteiger partial charge in [0, 0.05) is 5.92 Å². The van der Waals surface area contributed by atoms with E-state index in [-0.39, 0.29) is 0 Å². The average Bonchev–Trinajstić information content (AvgIpc) is 2.70. The van der Waals surface area contributed by atoms with Crippen LogP contribution in [-0.2, 0) is 0 Å². The van der Waals surface area contributed by atoms with Gasteiger partial charge in [-0.3, -0.25) is 0 Å². The van der Waals surface area contributed by atoms with Gasteiger partial charge in [0.15, 0.2) is 0 Å². The Hall–Kier alpha value is -2.86. The lowest BCUT2D eigenvalue weighted by atomic mass is 9.77. The smallest absolute Gasteiger partial charge is 0.0161 e. The first kappa shape index (κ1) is 15.7. The Morgan fingerprint density at radius 1 is 0.520 bits per heavy atom. The first-order valence-corrected chi connectivity index (χ1v) is 8.92. The second kappa shape index (κ2) is 6.94. The average molecular weight is 322 g/mol. The molecule has 0 aliphatic heterocycles.